The predicted octanol–water partition coefficient (Wildman–Crippen LogP) is 2.18. The van der Waals surface area contributed by atoms with E-state index < -0.39 is 4.92 Å². The summed E-state index contributed by atoms with van der Waals surface area (Å²) in [6.45, 7) is 0.398. The molecule has 0 bridgehead atoms. The van der Waals surface area contributed by atoms with Crippen LogP contribution in [0, 0.1) is 10.1 Å². The van der Waals surface area contributed by atoms with Crippen molar-refractivity contribution in [1.82, 2.24) is 9.78 Å². The average molecular weight is 283 g/mol. The second-order valence-corrected chi connectivity index (χ2v) is 4.17. The van der Waals surface area contributed by atoms with E-state index in [-0.39, 0.29) is 17.3 Å². The lowest BCUT2D eigenvalue weighted by Gasteiger charge is -2.05. The molecule has 2 aromatic rings. The molecule has 2 rings (SSSR count). The summed E-state index contributed by atoms with van der Waals surface area (Å²) in [6, 6.07) is 4.18. The molecule has 0 aliphatic carbocycles. The van der Waals surface area contributed by atoms with Gasteiger partial charge in [0.2, 0.25) is 0 Å². The van der Waals surface area contributed by atoms with Crippen molar-refractivity contribution in [2.45, 2.75) is 6.54 Å². The summed E-state index contributed by atoms with van der Waals surface area (Å²) in [5.74, 6) is 0. The van der Waals surface area contributed by atoms with Crippen LogP contribution in [0.5, 0.6) is 0 Å². The van der Waals surface area contributed by atoms with Crippen molar-refractivity contribution in [3.05, 3.63) is 45.7 Å². The molecule has 0 saturated carbocycles. The summed E-state index contributed by atoms with van der Waals surface area (Å²) < 4.78 is 1.57. The highest BCUT2D eigenvalue weighted by Crippen LogP contribution is 2.28. The van der Waals surface area contributed by atoms with Crippen LogP contribution in [-0.2, 0) is 6.54 Å². The third-order valence-corrected chi connectivity index (χ3v) is 2.72. The Labute approximate surface area is 113 Å². The molecule has 0 fully saturated rings. The van der Waals surface area contributed by atoms with E-state index in [1.807, 2.05) is 0 Å². The van der Waals surface area contributed by atoms with Crippen LogP contribution in [-0.4, -0.2) is 26.4 Å². The zero-order chi connectivity index (χ0) is 13.8. The first-order valence-corrected chi connectivity index (χ1v) is 5.82. The zero-order valence-electron chi connectivity index (χ0n) is 9.78. The van der Waals surface area contributed by atoms with Crippen LogP contribution in [0.2, 0.25) is 5.02 Å². The Bertz CT molecular complexity index is 599. The number of non-ortho nitro benzene ring substituents is 1. The number of nitrogens with zero attached hydrogens (tertiary/aromatic N) is 3. The number of anilines is 2. The fraction of sp³-hybridized carbons (Fsp3) is 0.182. The van der Waals surface area contributed by atoms with Gasteiger partial charge in [-0.2, -0.15) is 5.10 Å². The van der Waals surface area contributed by atoms with Crippen molar-refractivity contribution in [2.75, 3.05) is 11.9 Å². The number of halogens is 1. The summed E-state index contributed by atoms with van der Waals surface area (Å²) >= 11 is 5.96. The molecule has 0 saturated heterocycles. The normalized spacial score (nSPS) is 10.4. The predicted molar refractivity (Wildman–Crippen MR) is 70.7 cm³/mol. The maximum Gasteiger partial charge on any atom is 0.271 e. The molecule has 0 amide bonds. The third-order valence-electron chi connectivity index (χ3n) is 2.40. The van der Waals surface area contributed by atoms with E-state index in [0.29, 0.717) is 17.9 Å². The molecular formula is C11H11ClN4O3. The van der Waals surface area contributed by atoms with E-state index in [9.17, 15) is 10.1 Å². The monoisotopic (exact) mass is 282 g/mol. The summed E-state index contributed by atoms with van der Waals surface area (Å²) in [7, 11) is 0. The van der Waals surface area contributed by atoms with Crippen LogP contribution >= 0.6 is 11.6 Å². The van der Waals surface area contributed by atoms with Gasteiger partial charge in [-0.15, -0.1) is 0 Å². The Morgan fingerprint density at radius 3 is 2.95 bits per heavy atom. The number of nitro groups is 1. The number of hydrogen-bond acceptors (Lipinski definition) is 5. The van der Waals surface area contributed by atoms with Gasteiger partial charge < -0.3 is 10.4 Å². The van der Waals surface area contributed by atoms with E-state index in [0.717, 1.165) is 0 Å². The first kappa shape index (κ1) is 13.3. The molecule has 100 valence electrons. The molecule has 0 radical (unpaired) electrons. The minimum Gasteiger partial charge on any atom is -0.394 e. The molecule has 0 atom stereocenters. The molecule has 0 spiro atoms. The highest BCUT2D eigenvalue weighted by molar-refractivity contribution is 6.33. The molecule has 0 unspecified atom stereocenters. The molecule has 8 heteroatoms. The maximum atomic E-state index is 10.6. The van der Waals surface area contributed by atoms with Gasteiger partial charge in [0, 0.05) is 18.3 Å². The second-order valence-electron chi connectivity index (χ2n) is 3.76. The van der Waals surface area contributed by atoms with Crippen LogP contribution < -0.4 is 5.32 Å². The molecule has 1 aromatic carbocycles. The summed E-state index contributed by atoms with van der Waals surface area (Å²) in [5, 5.41) is 26.6. The lowest BCUT2D eigenvalue weighted by Crippen LogP contribution is -2.01. The molecule has 2 N–H and O–H groups in total. The average Bonchev–Trinajstić information content (AvgIpc) is 2.79. The van der Waals surface area contributed by atoms with Crippen LogP contribution in [0.3, 0.4) is 0 Å². The number of nitro benzene ring substituents is 1. The zero-order valence-corrected chi connectivity index (χ0v) is 10.5. The first-order valence-electron chi connectivity index (χ1n) is 5.44. The van der Waals surface area contributed by atoms with Crippen molar-refractivity contribution in [3.63, 3.8) is 0 Å². The van der Waals surface area contributed by atoms with Crippen molar-refractivity contribution >= 4 is 28.7 Å². The number of aromatic nitrogens is 2. The van der Waals surface area contributed by atoms with Gasteiger partial charge in [-0.25, -0.2) is 0 Å². The van der Waals surface area contributed by atoms with Gasteiger partial charge in [-0.3, -0.25) is 14.8 Å². The highest BCUT2D eigenvalue weighted by atomic mass is 35.5. The number of aliphatic hydroxyl groups is 1. The first-order chi connectivity index (χ1) is 9.10. The van der Waals surface area contributed by atoms with E-state index in [2.05, 4.69) is 10.4 Å². The van der Waals surface area contributed by atoms with E-state index in [1.54, 1.807) is 17.1 Å². The molecule has 0 aliphatic rings. The standard InChI is InChI=1S/C11H11ClN4O3/c12-10-5-9(16(18)19)1-2-11(10)14-8-6-13-15(7-8)3-4-17/h1-2,5-7,14,17H,3-4H2. The lowest BCUT2D eigenvalue weighted by atomic mass is 10.3. The van der Waals surface area contributed by atoms with E-state index in [4.69, 9.17) is 16.7 Å². The van der Waals surface area contributed by atoms with Crippen molar-refractivity contribution in [2.24, 2.45) is 0 Å². The molecule has 19 heavy (non-hydrogen) atoms. The number of benzene rings is 1. The minimum absolute atomic E-state index is 0.000587. The fourth-order valence-electron chi connectivity index (χ4n) is 1.53. The van der Waals surface area contributed by atoms with Crippen LogP contribution in [0.4, 0.5) is 17.1 Å². The van der Waals surface area contributed by atoms with Crippen LogP contribution in [0.25, 0.3) is 0 Å². The Morgan fingerprint density at radius 1 is 1.53 bits per heavy atom. The van der Waals surface area contributed by atoms with Crippen molar-refractivity contribution in [3.8, 4) is 0 Å². The quantitative estimate of drug-likeness (QED) is 0.647. The van der Waals surface area contributed by atoms with Crippen LogP contribution in [0.1, 0.15) is 0 Å². The number of aliphatic hydroxyl groups excluding tert-OH is 1. The summed E-state index contributed by atoms with van der Waals surface area (Å²) in [6.07, 6.45) is 3.28. The Morgan fingerprint density at radius 2 is 2.32 bits per heavy atom. The molecule has 7 nitrogen and oxygen atoms in total. The topological polar surface area (TPSA) is 93.2 Å². The smallest absolute Gasteiger partial charge is 0.271 e. The van der Waals surface area contributed by atoms with Gasteiger partial charge in [0.15, 0.2) is 0 Å². The minimum atomic E-state index is -0.505. The SMILES string of the molecule is O=[N+]([O-])c1ccc(Nc2cnn(CCO)c2)c(Cl)c1. The van der Waals surface area contributed by atoms with Gasteiger partial charge in [0.05, 0.1) is 40.7 Å². The van der Waals surface area contributed by atoms with Crippen molar-refractivity contribution in [1.29, 1.82) is 0 Å². The van der Waals surface area contributed by atoms with Gasteiger partial charge in [-0.1, -0.05) is 11.6 Å². The lowest BCUT2D eigenvalue weighted by molar-refractivity contribution is -0.384. The van der Waals surface area contributed by atoms with Crippen LogP contribution in [0.15, 0.2) is 30.6 Å². The Hall–Kier alpha value is -2.12. The third kappa shape index (κ3) is 3.21. The van der Waals surface area contributed by atoms with Crippen molar-refractivity contribution < 1.29 is 10.0 Å². The summed E-state index contributed by atoms with van der Waals surface area (Å²) in [4.78, 5) is 10.1. The van der Waals surface area contributed by atoms with Gasteiger partial charge in [-0.05, 0) is 6.07 Å². The van der Waals surface area contributed by atoms with E-state index >= 15 is 0 Å². The van der Waals surface area contributed by atoms with Gasteiger partial charge in [0.1, 0.15) is 0 Å². The van der Waals surface area contributed by atoms with Gasteiger partial charge >= 0.3 is 0 Å². The maximum absolute atomic E-state index is 10.6. The molecule has 0 aliphatic heterocycles. The number of rotatable bonds is 5. The van der Waals surface area contributed by atoms with Gasteiger partial charge in [0.25, 0.3) is 5.69 Å². The largest absolute Gasteiger partial charge is 0.394 e. The fourth-order valence-corrected chi connectivity index (χ4v) is 1.75. The molecule has 1 heterocycles. The Kier molecular flexibility index (Phi) is 3.98. The van der Waals surface area contributed by atoms with E-state index in [1.165, 1.54) is 18.2 Å². The number of nitrogens with one attached hydrogen (secondary N) is 1. The highest BCUT2D eigenvalue weighted by Gasteiger charge is 2.10. The second kappa shape index (κ2) is 5.68. The molecule has 1 aromatic heterocycles. The number of hydrogen-bond donors (Lipinski definition) is 2. The Balaban J connectivity index is 2.16. The molecular weight excluding hydrogens is 272 g/mol. The summed E-state index contributed by atoms with van der Waals surface area (Å²) in [5.41, 5.74) is 1.17.